The molecule has 6 nitrogen and oxygen atoms in total. The highest BCUT2D eigenvalue weighted by Crippen LogP contribution is 2.02. The third kappa shape index (κ3) is 3.62. The number of carbonyl (C=O) groups excluding carboxylic acids is 1. The van der Waals surface area contributed by atoms with E-state index in [0.29, 0.717) is 18.8 Å². The summed E-state index contributed by atoms with van der Waals surface area (Å²) in [5, 5.41) is 15.7. The predicted octanol–water partition coefficient (Wildman–Crippen LogP) is 0.240. The van der Waals surface area contributed by atoms with Gasteiger partial charge in [-0.3, -0.25) is 4.79 Å². The van der Waals surface area contributed by atoms with Crippen LogP contribution in [0.2, 0.25) is 0 Å². The lowest BCUT2D eigenvalue weighted by Gasteiger charge is -2.03. The second kappa shape index (κ2) is 5.85. The van der Waals surface area contributed by atoms with E-state index in [0.717, 1.165) is 5.56 Å². The molecular formula is C11H12FN5O. The number of aromatic amines is 1. The van der Waals surface area contributed by atoms with Crippen molar-refractivity contribution < 1.29 is 9.18 Å². The fourth-order valence-electron chi connectivity index (χ4n) is 1.46. The van der Waals surface area contributed by atoms with Gasteiger partial charge in [-0.05, 0) is 24.1 Å². The summed E-state index contributed by atoms with van der Waals surface area (Å²) in [6.07, 6.45) is 0.748. The molecule has 0 spiro atoms. The fourth-order valence-corrected chi connectivity index (χ4v) is 1.46. The number of nitrogens with zero attached hydrogens (tertiary/aromatic N) is 3. The summed E-state index contributed by atoms with van der Waals surface area (Å²) in [6.45, 7) is 0.488. The Kier molecular flexibility index (Phi) is 3.95. The molecule has 0 saturated carbocycles. The number of H-pyrrole nitrogens is 1. The molecule has 0 aliphatic rings. The van der Waals surface area contributed by atoms with E-state index in [1.54, 1.807) is 12.1 Å². The number of amides is 1. The van der Waals surface area contributed by atoms with E-state index in [1.807, 2.05) is 0 Å². The van der Waals surface area contributed by atoms with E-state index in [9.17, 15) is 9.18 Å². The largest absolute Gasteiger partial charge is 0.355 e. The van der Waals surface area contributed by atoms with Crippen molar-refractivity contribution >= 4 is 5.91 Å². The van der Waals surface area contributed by atoms with Gasteiger partial charge in [-0.2, -0.15) is 5.21 Å². The number of carbonyl (C=O) groups is 1. The highest BCUT2D eigenvalue weighted by molar-refractivity contribution is 5.77. The highest BCUT2D eigenvalue weighted by atomic mass is 19.1. The van der Waals surface area contributed by atoms with Crippen LogP contribution < -0.4 is 5.32 Å². The Bertz CT molecular complexity index is 497. The molecule has 18 heavy (non-hydrogen) atoms. The van der Waals surface area contributed by atoms with E-state index >= 15 is 0 Å². The summed E-state index contributed by atoms with van der Waals surface area (Å²) >= 11 is 0. The molecule has 0 unspecified atom stereocenters. The van der Waals surface area contributed by atoms with Crippen LogP contribution in [0.25, 0.3) is 0 Å². The van der Waals surface area contributed by atoms with Crippen LogP contribution in [0.4, 0.5) is 4.39 Å². The number of benzene rings is 1. The van der Waals surface area contributed by atoms with Crippen molar-refractivity contribution in [2.75, 3.05) is 6.54 Å². The van der Waals surface area contributed by atoms with Gasteiger partial charge < -0.3 is 5.32 Å². The summed E-state index contributed by atoms with van der Waals surface area (Å²) in [4.78, 5) is 11.5. The monoisotopic (exact) mass is 249 g/mol. The van der Waals surface area contributed by atoms with Crippen LogP contribution in [0.1, 0.15) is 11.4 Å². The second-order valence-electron chi connectivity index (χ2n) is 3.73. The summed E-state index contributed by atoms with van der Waals surface area (Å²) in [5.74, 6) is -0.0762. The van der Waals surface area contributed by atoms with Crippen molar-refractivity contribution in [1.29, 1.82) is 0 Å². The lowest BCUT2D eigenvalue weighted by atomic mass is 10.1. The summed E-state index contributed by atoms with van der Waals surface area (Å²) < 4.78 is 12.7. The summed E-state index contributed by atoms with van der Waals surface area (Å²) in [5.41, 5.74) is 0.969. The van der Waals surface area contributed by atoms with Crippen LogP contribution in [-0.4, -0.2) is 33.1 Å². The molecule has 1 aromatic carbocycles. The van der Waals surface area contributed by atoms with Crippen molar-refractivity contribution in [2.24, 2.45) is 0 Å². The number of aromatic nitrogens is 4. The van der Waals surface area contributed by atoms with Crippen LogP contribution in [0.5, 0.6) is 0 Å². The first-order valence-electron chi connectivity index (χ1n) is 5.47. The van der Waals surface area contributed by atoms with Gasteiger partial charge >= 0.3 is 0 Å². The van der Waals surface area contributed by atoms with Gasteiger partial charge in [-0.1, -0.05) is 17.3 Å². The molecular weight excluding hydrogens is 237 g/mol. The zero-order chi connectivity index (χ0) is 12.8. The van der Waals surface area contributed by atoms with Gasteiger partial charge in [0, 0.05) is 6.54 Å². The number of nitrogens with one attached hydrogen (secondary N) is 2. The molecule has 0 saturated heterocycles. The first-order chi connectivity index (χ1) is 8.74. The number of rotatable bonds is 5. The van der Waals surface area contributed by atoms with Gasteiger partial charge in [0.2, 0.25) is 5.91 Å². The van der Waals surface area contributed by atoms with Gasteiger partial charge in [0.25, 0.3) is 0 Å². The van der Waals surface area contributed by atoms with Crippen LogP contribution in [0, 0.1) is 5.82 Å². The maximum Gasteiger partial charge on any atom is 0.227 e. The number of halogens is 1. The smallest absolute Gasteiger partial charge is 0.227 e. The van der Waals surface area contributed by atoms with E-state index in [1.165, 1.54) is 12.1 Å². The standard InChI is InChI=1S/C11H12FN5O/c12-9-3-1-8(2-4-9)5-6-13-11(18)7-10-14-16-17-15-10/h1-4H,5-7H2,(H,13,18)(H,14,15,16,17). The van der Waals surface area contributed by atoms with Gasteiger partial charge in [-0.15, -0.1) is 10.2 Å². The minimum absolute atomic E-state index is 0.0971. The summed E-state index contributed by atoms with van der Waals surface area (Å²) in [7, 11) is 0. The van der Waals surface area contributed by atoms with E-state index < -0.39 is 0 Å². The molecule has 2 aromatic rings. The van der Waals surface area contributed by atoms with Crippen molar-refractivity contribution in [2.45, 2.75) is 12.8 Å². The summed E-state index contributed by atoms with van der Waals surface area (Å²) in [6, 6.07) is 6.19. The van der Waals surface area contributed by atoms with Gasteiger partial charge in [0.05, 0.1) is 6.42 Å². The molecule has 0 aliphatic carbocycles. The van der Waals surface area contributed by atoms with Crippen LogP contribution >= 0.6 is 0 Å². The minimum Gasteiger partial charge on any atom is -0.355 e. The van der Waals surface area contributed by atoms with Crippen molar-refractivity contribution in [3.05, 3.63) is 41.5 Å². The van der Waals surface area contributed by atoms with Gasteiger partial charge in [0.15, 0.2) is 5.82 Å². The highest BCUT2D eigenvalue weighted by Gasteiger charge is 2.06. The Morgan fingerprint density at radius 1 is 1.33 bits per heavy atom. The number of hydrogen-bond acceptors (Lipinski definition) is 4. The molecule has 0 bridgehead atoms. The minimum atomic E-state index is -0.264. The van der Waals surface area contributed by atoms with Crippen molar-refractivity contribution in [3.8, 4) is 0 Å². The first-order valence-corrected chi connectivity index (χ1v) is 5.47. The lowest BCUT2D eigenvalue weighted by Crippen LogP contribution is -2.27. The molecule has 1 heterocycles. The third-order valence-corrected chi connectivity index (χ3v) is 2.36. The Hall–Kier alpha value is -2.31. The van der Waals surface area contributed by atoms with Crippen LogP contribution in [-0.2, 0) is 17.6 Å². The average Bonchev–Trinajstić information content (AvgIpc) is 2.84. The topological polar surface area (TPSA) is 83.6 Å². The Balaban J connectivity index is 1.72. The Morgan fingerprint density at radius 2 is 2.11 bits per heavy atom. The molecule has 0 atom stereocenters. The second-order valence-corrected chi connectivity index (χ2v) is 3.73. The quantitative estimate of drug-likeness (QED) is 0.795. The number of hydrogen-bond donors (Lipinski definition) is 2. The van der Waals surface area contributed by atoms with Crippen LogP contribution in [0.15, 0.2) is 24.3 Å². The van der Waals surface area contributed by atoms with E-state index in [-0.39, 0.29) is 18.1 Å². The van der Waals surface area contributed by atoms with Gasteiger partial charge in [0.1, 0.15) is 5.82 Å². The van der Waals surface area contributed by atoms with E-state index in [2.05, 4.69) is 25.9 Å². The molecule has 1 aromatic heterocycles. The molecule has 7 heteroatoms. The SMILES string of the molecule is O=C(Cc1nn[nH]n1)NCCc1ccc(F)cc1. The molecule has 0 fully saturated rings. The number of tetrazole rings is 1. The normalized spacial score (nSPS) is 10.3. The molecule has 2 N–H and O–H groups in total. The fraction of sp³-hybridized carbons (Fsp3) is 0.273. The average molecular weight is 249 g/mol. The van der Waals surface area contributed by atoms with Crippen LogP contribution in [0.3, 0.4) is 0 Å². The molecule has 0 aliphatic heterocycles. The molecule has 94 valence electrons. The zero-order valence-electron chi connectivity index (χ0n) is 9.56. The maximum absolute atomic E-state index is 12.7. The Morgan fingerprint density at radius 3 is 2.78 bits per heavy atom. The molecule has 1 amide bonds. The zero-order valence-corrected chi connectivity index (χ0v) is 9.56. The molecule has 0 radical (unpaired) electrons. The first kappa shape index (κ1) is 12.2. The molecule has 2 rings (SSSR count). The van der Waals surface area contributed by atoms with Crippen molar-refractivity contribution in [1.82, 2.24) is 25.9 Å². The van der Waals surface area contributed by atoms with Crippen molar-refractivity contribution in [3.63, 3.8) is 0 Å². The van der Waals surface area contributed by atoms with Gasteiger partial charge in [-0.25, -0.2) is 4.39 Å². The maximum atomic E-state index is 12.7. The third-order valence-electron chi connectivity index (χ3n) is 2.36. The Labute approximate surface area is 103 Å². The predicted molar refractivity (Wildman–Crippen MR) is 61.0 cm³/mol. The van der Waals surface area contributed by atoms with E-state index in [4.69, 9.17) is 0 Å². The lowest BCUT2D eigenvalue weighted by molar-refractivity contribution is -0.120.